The minimum atomic E-state index is -1.10. The second-order valence-electron chi connectivity index (χ2n) is 4.37. The zero-order valence-electron chi connectivity index (χ0n) is 12.1. The van der Waals surface area contributed by atoms with E-state index in [1.165, 1.54) is 20.1 Å². The van der Waals surface area contributed by atoms with Crippen molar-refractivity contribution in [2.45, 2.75) is 26.3 Å². The van der Waals surface area contributed by atoms with E-state index in [9.17, 15) is 9.59 Å². The third-order valence-electron chi connectivity index (χ3n) is 2.66. The van der Waals surface area contributed by atoms with Crippen LogP contribution in [0.25, 0.3) is 0 Å². The van der Waals surface area contributed by atoms with E-state index in [0.717, 1.165) is 6.42 Å². The van der Waals surface area contributed by atoms with Gasteiger partial charge < -0.3 is 19.9 Å². The Bertz CT molecular complexity index is 532. The van der Waals surface area contributed by atoms with Gasteiger partial charge >= 0.3 is 5.97 Å². The van der Waals surface area contributed by atoms with E-state index in [1.54, 1.807) is 6.07 Å². The number of hydrogen-bond donors (Lipinski definition) is 2. The molecule has 0 spiro atoms. The molecule has 1 aromatic rings. The van der Waals surface area contributed by atoms with Crippen molar-refractivity contribution in [1.82, 2.24) is 5.32 Å². The smallest absolute Gasteiger partial charge is 0.325 e. The van der Waals surface area contributed by atoms with Gasteiger partial charge in [0.2, 0.25) is 0 Å². The van der Waals surface area contributed by atoms with Crippen LogP contribution in [0.4, 0.5) is 0 Å². The Balaban J connectivity index is 3.02. The predicted octanol–water partition coefficient (Wildman–Crippen LogP) is 2.45. The van der Waals surface area contributed by atoms with Crippen molar-refractivity contribution in [2.75, 3.05) is 13.7 Å². The van der Waals surface area contributed by atoms with Gasteiger partial charge in [0.25, 0.3) is 5.91 Å². The summed E-state index contributed by atoms with van der Waals surface area (Å²) >= 11 is 3.33. The van der Waals surface area contributed by atoms with Gasteiger partial charge in [-0.15, -0.1) is 0 Å². The Labute approximate surface area is 131 Å². The zero-order chi connectivity index (χ0) is 16.0. The summed E-state index contributed by atoms with van der Waals surface area (Å²) in [6.45, 7) is 3.90. The van der Waals surface area contributed by atoms with E-state index in [-0.39, 0.29) is 5.56 Å². The quantitative estimate of drug-likeness (QED) is 0.780. The fourth-order valence-corrected chi connectivity index (χ4v) is 2.09. The second kappa shape index (κ2) is 7.87. The normalized spacial score (nSPS) is 11.6. The van der Waals surface area contributed by atoms with Crippen molar-refractivity contribution in [3.63, 3.8) is 0 Å². The summed E-state index contributed by atoms with van der Waals surface area (Å²) in [4.78, 5) is 22.8. The molecular weight excluding hydrogens is 342 g/mol. The highest BCUT2D eigenvalue weighted by atomic mass is 79.9. The van der Waals surface area contributed by atoms with Gasteiger partial charge in [0, 0.05) is 5.56 Å². The summed E-state index contributed by atoms with van der Waals surface area (Å²) in [7, 11) is 1.47. The number of methoxy groups -OCH3 is 1. The number of carbonyl (C=O) groups is 2. The van der Waals surface area contributed by atoms with Gasteiger partial charge in [0.1, 0.15) is 6.04 Å². The van der Waals surface area contributed by atoms with Gasteiger partial charge in [-0.1, -0.05) is 6.92 Å². The number of ether oxygens (including phenoxy) is 2. The first-order valence-corrected chi connectivity index (χ1v) is 7.24. The lowest BCUT2D eigenvalue weighted by Crippen LogP contribution is -2.38. The summed E-state index contributed by atoms with van der Waals surface area (Å²) in [5.74, 6) is -0.670. The molecule has 1 aromatic carbocycles. The van der Waals surface area contributed by atoms with E-state index >= 15 is 0 Å². The lowest BCUT2D eigenvalue weighted by Gasteiger charge is -2.15. The largest absolute Gasteiger partial charge is 0.493 e. The zero-order valence-corrected chi connectivity index (χ0v) is 13.7. The monoisotopic (exact) mass is 359 g/mol. The number of carboxylic acids is 1. The highest BCUT2D eigenvalue weighted by Gasteiger charge is 2.19. The molecule has 0 aromatic heterocycles. The lowest BCUT2D eigenvalue weighted by atomic mass is 10.1. The van der Waals surface area contributed by atoms with Crippen LogP contribution in [-0.2, 0) is 4.79 Å². The van der Waals surface area contributed by atoms with Crippen LogP contribution in [0, 0.1) is 0 Å². The molecule has 0 heterocycles. The molecule has 2 N–H and O–H groups in total. The molecule has 116 valence electrons. The number of aliphatic carboxylic acids is 1. The number of hydrogen-bond acceptors (Lipinski definition) is 4. The third kappa shape index (κ3) is 4.63. The Morgan fingerprint density at radius 3 is 2.62 bits per heavy atom. The van der Waals surface area contributed by atoms with Crippen molar-refractivity contribution in [1.29, 1.82) is 0 Å². The molecule has 0 radical (unpaired) electrons. The van der Waals surface area contributed by atoms with Gasteiger partial charge in [0.05, 0.1) is 18.2 Å². The highest BCUT2D eigenvalue weighted by molar-refractivity contribution is 9.10. The number of nitrogens with one attached hydrogen (secondary N) is 1. The molecule has 1 amide bonds. The van der Waals surface area contributed by atoms with Crippen LogP contribution >= 0.6 is 15.9 Å². The maximum atomic E-state index is 12.0. The summed E-state index contributed by atoms with van der Waals surface area (Å²) in [5, 5.41) is 11.2. The van der Waals surface area contributed by atoms with Gasteiger partial charge in [0.15, 0.2) is 11.5 Å². The molecule has 0 unspecified atom stereocenters. The highest BCUT2D eigenvalue weighted by Crippen LogP contribution is 2.36. The van der Waals surface area contributed by atoms with Crippen LogP contribution in [0.15, 0.2) is 16.6 Å². The lowest BCUT2D eigenvalue weighted by molar-refractivity contribution is -0.138. The summed E-state index contributed by atoms with van der Waals surface area (Å²) in [6, 6.07) is 2.11. The Morgan fingerprint density at radius 1 is 1.43 bits per heavy atom. The second-order valence-corrected chi connectivity index (χ2v) is 5.23. The summed E-state index contributed by atoms with van der Waals surface area (Å²) in [5.41, 5.74) is 0.288. The van der Waals surface area contributed by atoms with Crippen molar-refractivity contribution < 1.29 is 24.2 Å². The molecule has 0 aliphatic carbocycles. The maximum absolute atomic E-state index is 12.0. The molecule has 1 rings (SSSR count). The number of amides is 1. The van der Waals surface area contributed by atoms with E-state index in [2.05, 4.69) is 21.2 Å². The topological polar surface area (TPSA) is 84.9 Å². The van der Waals surface area contributed by atoms with Crippen LogP contribution < -0.4 is 14.8 Å². The molecular formula is C14H18BrNO5. The van der Waals surface area contributed by atoms with Crippen molar-refractivity contribution >= 4 is 27.8 Å². The number of carboxylic acid groups (broad SMARTS) is 1. The Kier molecular flexibility index (Phi) is 6.48. The van der Waals surface area contributed by atoms with Crippen LogP contribution in [0.2, 0.25) is 0 Å². The molecule has 0 bridgehead atoms. The molecule has 6 nitrogen and oxygen atoms in total. The standard InChI is InChI=1S/C14H18BrNO5/c1-4-5-21-12-10(15)6-9(7-11(12)20-3)13(17)16-8(2)14(18)19/h6-8H,4-5H2,1-3H3,(H,16,17)(H,18,19)/t8-/m0/s1. The molecule has 7 heteroatoms. The van der Waals surface area contributed by atoms with Gasteiger partial charge in [-0.05, 0) is 41.4 Å². The van der Waals surface area contributed by atoms with E-state index in [1.807, 2.05) is 6.92 Å². The van der Waals surface area contributed by atoms with Gasteiger partial charge in [-0.25, -0.2) is 0 Å². The third-order valence-corrected chi connectivity index (χ3v) is 3.25. The average molecular weight is 360 g/mol. The average Bonchev–Trinajstić information content (AvgIpc) is 2.44. The summed E-state index contributed by atoms with van der Waals surface area (Å²) < 4.78 is 11.4. The van der Waals surface area contributed by atoms with Gasteiger partial charge in [-0.2, -0.15) is 0 Å². The van der Waals surface area contributed by atoms with E-state index < -0.39 is 17.9 Å². The number of rotatable bonds is 7. The molecule has 1 atom stereocenters. The SMILES string of the molecule is CCCOc1c(Br)cc(C(=O)N[C@@H](C)C(=O)O)cc1OC. The molecule has 0 saturated heterocycles. The number of carbonyl (C=O) groups excluding carboxylic acids is 1. The maximum Gasteiger partial charge on any atom is 0.325 e. The minimum absolute atomic E-state index is 0.288. The predicted molar refractivity (Wildman–Crippen MR) is 81.0 cm³/mol. The van der Waals surface area contributed by atoms with Gasteiger partial charge in [-0.3, -0.25) is 9.59 Å². The van der Waals surface area contributed by atoms with Crippen LogP contribution in [0.5, 0.6) is 11.5 Å². The molecule has 0 aliphatic rings. The first-order valence-electron chi connectivity index (χ1n) is 6.44. The Morgan fingerprint density at radius 2 is 2.10 bits per heavy atom. The first kappa shape index (κ1) is 17.3. The summed E-state index contributed by atoms with van der Waals surface area (Å²) in [6.07, 6.45) is 0.841. The van der Waals surface area contributed by atoms with Crippen LogP contribution in [0.1, 0.15) is 30.6 Å². The first-order chi connectivity index (χ1) is 9.90. The molecule has 21 heavy (non-hydrogen) atoms. The van der Waals surface area contributed by atoms with Crippen LogP contribution in [-0.4, -0.2) is 36.7 Å². The van der Waals surface area contributed by atoms with Crippen molar-refractivity contribution in [3.05, 3.63) is 22.2 Å². The fraction of sp³-hybridized carbons (Fsp3) is 0.429. The van der Waals surface area contributed by atoms with Crippen molar-refractivity contribution in [2.24, 2.45) is 0 Å². The van der Waals surface area contributed by atoms with Crippen molar-refractivity contribution in [3.8, 4) is 11.5 Å². The molecule has 0 fully saturated rings. The fourth-order valence-electron chi connectivity index (χ4n) is 1.54. The van der Waals surface area contributed by atoms with E-state index in [4.69, 9.17) is 14.6 Å². The molecule has 0 aliphatic heterocycles. The van der Waals surface area contributed by atoms with Crippen LogP contribution in [0.3, 0.4) is 0 Å². The minimum Gasteiger partial charge on any atom is -0.493 e. The Hall–Kier alpha value is -1.76. The number of benzene rings is 1. The van der Waals surface area contributed by atoms with E-state index in [0.29, 0.717) is 22.6 Å². The number of halogens is 1. The molecule has 0 saturated carbocycles.